The number of nitrogens with zero attached hydrogens (tertiary/aromatic N) is 1. The fourth-order valence-corrected chi connectivity index (χ4v) is 0.215. The summed E-state index contributed by atoms with van der Waals surface area (Å²) in [6.45, 7) is 4.00. The maximum absolute atomic E-state index is 3.67. The molecule has 1 heterocycles. The number of aromatic nitrogens is 2. The Labute approximate surface area is 45.1 Å². The number of nitrogens with one attached hydrogen (secondary N) is 1. The third-order valence-electron chi connectivity index (χ3n) is 0.406. The molecule has 0 fully saturated rings. The fraction of sp³-hybridized carbons (Fsp3) is 0.400. The summed E-state index contributed by atoms with van der Waals surface area (Å²) in [5, 5.41) is 0. The highest BCUT2D eigenvalue weighted by molar-refractivity contribution is 4.64. The molecule has 0 saturated carbocycles. The second kappa shape index (κ2) is 5.21. The molecular formula is C5H12N2. The first kappa shape index (κ1) is 6.21. The molecule has 0 aliphatic carbocycles. The predicted molar refractivity (Wildman–Crippen MR) is 32.0 cm³/mol. The summed E-state index contributed by atoms with van der Waals surface area (Å²) in [6, 6.07) is 0. The lowest BCUT2D eigenvalue weighted by molar-refractivity contribution is 1.31. The third-order valence-corrected chi connectivity index (χ3v) is 0.406. The Morgan fingerprint density at radius 3 is 2.43 bits per heavy atom. The number of hydrogen-bond acceptors (Lipinski definition) is 1. The molecule has 0 spiro atoms. The van der Waals surface area contributed by atoms with Gasteiger partial charge >= 0.3 is 0 Å². The van der Waals surface area contributed by atoms with Crippen LogP contribution >= 0.6 is 0 Å². The molecule has 1 aromatic heterocycles. The van der Waals surface area contributed by atoms with Crippen LogP contribution in [0.2, 0.25) is 0 Å². The molecule has 0 aliphatic heterocycles. The monoisotopic (exact) mass is 100 g/mol. The highest BCUT2D eigenvalue weighted by Gasteiger charge is 1.56. The number of aromatic amines is 1. The first-order valence-electron chi connectivity index (χ1n) is 2.43. The zero-order valence-corrected chi connectivity index (χ0v) is 4.68. The minimum atomic E-state index is 0. The Morgan fingerprint density at radius 1 is 1.57 bits per heavy atom. The molecule has 0 saturated heterocycles. The van der Waals surface area contributed by atoms with Crippen LogP contribution in [-0.4, -0.2) is 9.97 Å². The first-order chi connectivity index (χ1) is 3.50. The lowest BCUT2D eigenvalue weighted by atomic mass is 11.0. The van der Waals surface area contributed by atoms with Gasteiger partial charge in [-0.1, -0.05) is 13.8 Å². The average Bonchev–Trinajstić information content (AvgIpc) is 2.23. The van der Waals surface area contributed by atoms with Crippen LogP contribution in [0.1, 0.15) is 15.3 Å². The van der Waals surface area contributed by atoms with Crippen molar-refractivity contribution in [3.63, 3.8) is 0 Å². The van der Waals surface area contributed by atoms with Gasteiger partial charge in [0, 0.05) is 13.8 Å². The standard InChI is InChI=1S/C3H4N2.C2H6.H2/c1-2-5-3-4-1;1-2;/h1-3H,(H,4,5);1-2H3;1H. The molecule has 0 aromatic carbocycles. The molecule has 1 rings (SSSR count). The molecule has 7 heavy (non-hydrogen) atoms. The first-order valence-corrected chi connectivity index (χ1v) is 2.43. The maximum atomic E-state index is 3.67. The Morgan fingerprint density at radius 2 is 2.29 bits per heavy atom. The molecule has 42 valence electrons. The van der Waals surface area contributed by atoms with Gasteiger partial charge in [0.15, 0.2) is 0 Å². The van der Waals surface area contributed by atoms with Crippen LogP contribution in [-0.2, 0) is 0 Å². The molecule has 0 bridgehead atoms. The SMILES string of the molecule is CC.[HH].c1c[nH]cn1. The van der Waals surface area contributed by atoms with Crippen molar-refractivity contribution in [1.29, 1.82) is 0 Å². The van der Waals surface area contributed by atoms with E-state index in [2.05, 4.69) is 9.97 Å². The lowest BCUT2D eigenvalue weighted by Gasteiger charge is -1.46. The summed E-state index contributed by atoms with van der Waals surface area (Å²) in [6.07, 6.45) is 5.08. The zero-order chi connectivity index (χ0) is 5.54. The minimum absolute atomic E-state index is 0. The van der Waals surface area contributed by atoms with Gasteiger partial charge in [-0.05, 0) is 0 Å². The fourth-order valence-electron chi connectivity index (χ4n) is 0.215. The van der Waals surface area contributed by atoms with Crippen molar-refractivity contribution < 1.29 is 1.43 Å². The molecule has 2 nitrogen and oxygen atoms in total. The van der Waals surface area contributed by atoms with Crippen molar-refractivity contribution in [2.24, 2.45) is 0 Å². The van der Waals surface area contributed by atoms with Crippen molar-refractivity contribution in [1.82, 2.24) is 9.97 Å². The van der Waals surface area contributed by atoms with E-state index in [1.807, 2.05) is 13.8 Å². The summed E-state index contributed by atoms with van der Waals surface area (Å²) in [5.74, 6) is 0. The van der Waals surface area contributed by atoms with E-state index in [1.54, 1.807) is 18.7 Å². The highest BCUT2D eigenvalue weighted by atomic mass is 14.8. The molecule has 2 heteroatoms. The van der Waals surface area contributed by atoms with E-state index in [-0.39, 0.29) is 1.43 Å². The van der Waals surface area contributed by atoms with Gasteiger partial charge in [0.05, 0.1) is 6.33 Å². The van der Waals surface area contributed by atoms with Crippen molar-refractivity contribution in [2.75, 3.05) is 0 Å². The summed E-state index contributed by atoms with van der Waals surface area (Å²) < 4.78 is 0. The van der Waals surface area contributed by atoms with Crippen LogP contribution < -0.4 is 0 Å². The number of imidazole rings is 1. The van der Waals surface area contributed by atoms with E-state index in [0.717, 1.165) is 0 Å². The van der Waals surface area contributed by atoms with Gasteiger partial charge in [-0.15, -0.1) is 0 Å². The van der Waals surface area contributed by atoms with Crippen molar-refractivity contribution >= 4 is 0 Å². The molecule has 1 aromatic rings. The molecule has 0 aliphatic rings. The smallest absolute Gasteiger partial charge is 0.0919 e. The highest BCUT2D eigenvalue weighted by Crippen LogP contribution is 1.62. The molecule has 0 atom stereocenters. The topological polar surface area (TPSA) is 28.7 Å². The Bertz CT molecular complexity index is 66.9. The van der Waals surface area contributed by atoms with Gasteiger partial charge in [-0.3, -0.25) is 0 Å². The van der Waals surface area contributed by atoms with Gasteiger partial charge in [0.2, 0.25) is 0 Å². The Balaban J connectivity index is 0. The average molecular weight is 100 g/mol. The molecule has 0 unspecified atom stereocenters. The van der Waals surface area contributed by atoms with Gasteiger partial charge in [0.1, 0.15) is 0 Å². The van der Waals surface area contributed by atoms with Gasteiger partial charge in [0.25, 0.3) is 0 Å². The maximum Gasteiger partial charge on any atom is 0.0919 e. The Hall–Kier alpha value is -0.790. The molecule has 0 radical (unpaired) electrons. The van der Waals surface area contributed by atoms with E-state index in [9.17, 15) is 0 Å². The molecular weight excluding hydrogens is 88.1 g/mol. The zero-order valence-electron chi connectivity index (χ0n) is 4.68. The summed E-state index contributed by atoms with van der Waals surface area (Å²) in [7, 11) is 0. The summed E-state index contributed by atoms with van der Waals surface area (Å²) in [5.41, 5.74) is 0. The van der Waals surface area contributed by atoms with E-state index in [0.29, 0.717) is 0 Å². The number of H-pyrrole nitrogens is 1. The second-order valence-electron chi connectivity index (χ2n) is 0.761. The summed E-state index contributed by atoms with van der Waals surface area (Å²) in [4.78, 5) is 6.42. The normalized spacial score (nSPS) is 6.57. The van der Waals surface area contributed by atoms with Crippen molar-refractivity contribution in [3.05, 3.63) is 18.7 Å². The van der Waals surface area contributed by atoms with E-state index >= 15 is 0 Å². The lowest BCUT2D eigenvalue weighted by Crippen LogP contribution is -1.44. The number of hydrogen-bond donors (Lipinski definition) is 1. The van der Waals surface area contributed by atoms with Gasteiger partial charge in [-0.25, -0.2) is 4.98 Å². The van der Waals surface area contributed by atoms with Crippen LogP contribution in [0.25, 0.3) is 0 Å². The van der Waals surface area contributed by atoms with Gasteiger partial charge < -0.3 is 4.98 Å². The molecule has 0 amide bonds. The van der Waals surface area contributed by atoms with E-state index in [4.69, 9.17) is 0 Å². The quantitative estimate of drug-likeness (QED) is 0.528. The summed E-state index contributed by atoms with van der Waals surface area (Å²) >= 11 is 0. The van der Waals surface area contributed by atoms with E-state index in [1.165, 1.54) is 0 Å². The van der Waals surface area contributed by atoms with Crippen LogP contribution in [0.5, 0.6) is 0 Å². The van der Waals surface area contributed by atoms with Crippen LogP contribution in [0.3, 0.4) is 0 Å². The predicted octanol–water partition coefficient (Wildman–Crippen LogP) is 1.68. The third kappa shape index (κ3) is 3.03. The second-order valence-corrected chi connectivity index (χ2v) is 0.761. The van der Waals surface area contributed by atoms with Gasteiger partial charge in [-0.2, -0.15) is 0 Å². The van der Waals surface area contributed by atoms with Crippen LogP contribution in [0, 0.1) is 0 Å². The largest absolute Gasteiger partial charge is 0.351 e. The van der Waals surface area contributed by atoms with E-state index < -0.39 is 0 Å². The Kier molecular flexibility index (Phi) is 4.62. The molecule has 1 N–H and O–H groups in total. The van der Waals surface area contributed by atoms with Crippen molar-refractivity contribution in [2.45, 2.75) is 13.8 Å². The minimum Gasteiger partial charge on any atom is -0.351 e. The van der Waals surface area contributed by atoms with Crippen LogP contribution in [0.15, 0.2) is 18.7 Å². The van der Waals surface area contributed by atoms with Crippen molar-refractivity contribution in [3.8, 4) is 0 Å². The van der Waals surface area contributed by atoms with Crippen LogP contribution in [0.4, 0.5) is 0 Å². The number of rotatable bonds is 0.